The van der Waals surface area contributed by atoms with Crippen molar-refractivity contribution in [3.63, 3.8) is 0 Å². The molecule has 3 aromatic rings. The van der Waals surface area contributed by atoms with Crippen molar-refractivity contribution in [3.8, 4) is 17.0 Å². The number of H-pyrrole nitrogens is 1. The molecule has 1 fully saturated rings. The largest absolute Gasteiger partial charge is 0.497 e. The highest BCUT2D eigenvalue weighted by Gasteiger charge is 2.35. The number of methoxy groups -OCH3 is 2. The minimum atomic E-state index is 0.0463. The van der Waals surface area contributed by atoms with Gasteiger partial charge in [0.25, 0.3) is 0 Å². The minimum Gasteiger partial charge on any atom is -0.497 e. The van der Waals surface area contributed by atoms with Gasteiger partial charge in [-0.25, -0.2) is 0 Å². The standard InChI is InChI=1S/C22H24N2O3/c1-26-13-12-24-19(10-11-20(24)25)21-17-8-3-4-9-18(17)23-22(21)15-6-5-7-16(14-15)27-2/h3-9,14,19,23H,10-13H2,1-2H3/t19-/m1/s1. The van der Waals surface area contributed by atoms with Crippen molar-refractivity contribution >= 4 is 16.8 Å². The molecule has 1 atom stereocenters. The van der Waals surface area contributed by atoms with Crippen LogP contribution in [0.4, 0.5) is 0 Å². The number of fused-ring (bicyclic) bond motifs is 1. The van der Waals surface area contributed by atoms with Gasteiger partial charge < -0.3 is 19.4 Å². The normalized spacial score (nSPS) is 17.0. The average molecular weight is 364 g/mol. The molecule has 0 radical (unpaired) electrons. The zero-order valence-electron chi connectivity index (χ0n) is 15.7. The molecular formula is C22H24N2O3. The third kappa shape index (κ3) is 3.19. The van der Waals surface area contributed by atoms with Crippen molar-refractivity contribution in [3.05, 3.63) is 54.1 Å². The van der Waals surface area contributed by atoms with Crippen LogP contribution in [0.1, 0.15) is 24.4 Å². The first kappa shape index (κ1) is 17.6. The van der Waals surface area contributed by atoms with Crippen LogP contribution in [0.25, 0.3) is 22.2 Å². The Hall–Kier alpha value is -2.79. The zero-order chi connectivity index (χ0) is 18.8. The summed E-state index contributed by atoms with van der Waals surface area (Å²) in [4.78, 5) is 18.0. The lowest BCUT2D eigenvalue weighted by Crippen LogP contribution is -2.31. The van der Waals surface area contributed by atoms with Crippen LogP contribution in [0.15, 0.2) is 48.5 Å². The molecule has 1 aliphatic heterocycles. The van der Waals surface area contributed by atoms with Crippen LogP contribution < -0.4 is 4.74 Å². The van der Waals surface area contributed by atoms with E-state index in [-0.39, 0.29) is 11.9 Å². The number of nitrogens with one attached hydrogen (secondary N) is 1. The Kier molecular flexibility index (Phi) is 4.86. The molecule has 0 saturated carbocycles. The van der Waals surface area contributed by atoms with E-state index in [2.05, 4.69) is 23.2 Å². The molecule has 140 valence electrons. The summed E-state index contributed by atoms with van der Waals surface area (Å²) in [5.74, 6) is 1.01. The molecule has 0 aliphatic carbocycles. The molecule has 2 heterocycles. The molecule has 27 heavy (non-hydrogen) atoms. The van der Waals surface area contributed by atoms with Crippen molar-refractivity contribution in [1.82, 2.24) is 9.88 Å². The van der Waals surface area contributed by atoms with Gasteiger partial charge in [0.05, 0.1) is 25.5 Å². The van der Waals surface area contributed by atoms with Crippen molar-refractivity contribution in [1.29, 1.82) is 0 Å². The van der Waals surface area contributed by atoms with Crippen molar-refractivity contribution in [2.24, 2.45) is 0 Å². The number of benzene rings is 2. The van der Waals surface area contributed by atoms with Gasteiger partial charge in [-0.15, -0.1) is 0 Å². The van der Waals surface area contributed by atoms with E-state index in [1.54, 1.807) is 14.2 Å². The highest BCUT2D eigenvalue weighted by Crippen LogP contribution is 2.42. The van der Waals surface area contributed by atoms with Crippen LogP contribution in [0.5, 0.6) is 5.75 Å². The van der Waals surface area contributed by atoms with E-state index in [1.807, 2.05) is 35.2 Å². The maximum atomic E-state index is 12.5. The van der Waals surface area contributed by atoms with Gasteiger partial charge in [0.1, 0.15) is 5.75 Å². The summed E-state index contributed by atoms with van der Waals surface area (Å²) >= 11 is 0. The molecule has 1 aromatic heterocycles. The Bertz CT molecular complexity index is 963. The molecule has 1 aliphatic rings. The van der Waals surface area contributed by atoms with Crippen LogP contribution in [-0.2, 0) is 9.53 Å². The predicted molar refractivity (Wildman–Crippen MR) is 106 cm³/mol. The lowest BCUT2D eigenvalue weighted by molar-refractivity contribution is -0.129. The summed E-state index contributed by atoms with van der Waals surface area (Å²) in [5.41, 5.74) is 4.38. The van der Waals surface area contributed by atoms with Gasteiger partial charge in [0.15, 0.2) is 0 Å². The Morgan fingerprint density at radius 2 is 2.00 bits per heavy atom. The first-order valence-electron chi connectivity index (χ1n) is 9.26. The lowest BCUT2D eigenvalue weighted by atomic mass is 9.97. The fraction of sp³-hybridized carbons (Fsp3) is 0.318. The first-order chi connectivity index (χ1) is 13.2. The van der Waals surface area contributed by atoms with Gasteiger partial charge in [-0.05, 0) is 24.6 Å². The van der Waals surface area contributed by atoms with E-state index in [0.717, 1.165) is 34.3 Å². The molecule has 4 rings (SSSR count). The number of hydrogen-bond donors (Lipinski definition) is 1. The maximum Gasteiger partial charge on any atom is 0.223 e. The Labute approximate surface area is 158 Å². The summed E-state index contributed by atoms with van der Waals surface area (Å²) in [6.45, 7) is 1.15. The molecule has 2 aromatic carbocycles. The zero-order valence-corrected chi connectivity index (χ0v) is 15.7. The van der Waals surface area contributed by atoms with Crippen LogP contribution in [0.3, 0.4) is 0 Å². The number of aromatic nitrogens is 1. The highest BCUT2D eigenvalue weighted by molar-refractivity contribution is 5.93. The molecule has 1 amide bonds. The number of rotatable bonds is 6. The maximum absolute atomic E-state index is 12.5. The lowest BCUT2D eigenvalue weighted by Gasteiger charge is -2.25. The molecule has 0 bridgehead atoms. The number of para-hydroxylation sites is 1. The third-order valence-corrected chi connectivity index (χ3v) is 5.30. The Balaban J connectivity index is 1.87. The fourth-order valence-electron chi connectivity index (χ4n) is 4.02. The second-order valence-electron chi connectivity index (χ2n) is 6.83. The van der Waals surface area contributed by atoms with Crippen LogP contribution in [-0.4, -0.2) is 43.2 Å². The second kappa shape index (κ2) is 7.45. The number of hydrogen-bond acceptors (Lipinski definition) is 3. The number of carbonyl (C=O) groups excluding carboxylic acids is 1. The Morgan fingerprint density at radius 3 is 2.81 bits per heavy atom. The predicted octanol–water partition coefficient (Wildman–Crippen LogP) is 4.15. The fourth-order valence-corrected chi connectivity index (χ4v) is 4.02. The van der Waals surface area contributed by atoms with Crippen LogP contribution in [0.2, 0.25) is 0 Å². The number of ether oxygens (including phenoxy) is 2. The smallest absolute Gasteiger partial charge is 0.223 e. The third-order valence-electron chi connectivity index (χ3n) is 5.30. The summed E-state index contributed by atoms with van der Waals surface area (Å²) < 4.78 is 10.6. The molecule has 1 saturated heterocycles. The first-order valence-corrected chi connectivity index (χ1v) is 9.26. The number of amides is 1. The summed E-state index contributed by atoms with van der Waals surface area (Å²) in [6, 6.07) is 16.4. The molecular weight excluding hydrogens is 340 g/mol. The number of likely N-dealkylation sites (tertiary alicyclic amines) is 1. The number of carbonyl (C=O) groups is 1. The molecule has 1 N–H and O–H groups in total. The van der Waals surface area contributed by atoms with Gasteiger partial charge in [0, 0.05) is 42.1 Å². The van der Waals surface area contributed by atoms with Gasteiger partial charge in [-0.3, -0.25) is 4.79 Å². The monoisotopic (exact) mass is 364 g/mol. The summed E-state index contributed by atoms with van der Waals surface area (Å²) in [7, 11) is 3.34. The molecule has 0 spiro atoms. The van der Waals surface area contributed by atoms with Crippen molar-refractivity contribution in [2.75, 3.05) is 27.4 Å². The highest BCUT2D eigenvalue weighted by atomic mass is 16.5. The van der Waals surface area contributed by atoms with E-state index < -0.39 is 0 Å². The van der Waals surface area contributed by atoms with Gasteiger partial charge >= 0.3 is 0 Å². The molecule has 0 unspecified atom stereocenters. The van der Waals surface area contributed by atoms with Gasteiger partial charge in [-0.2, -0.15) is 0 Å². The van der Waals surface area contributed by atoms with E-state index in [4.69, 9.17) is 9.47 Å². The van der Waals surface area contributed by atoms with E-state index in [9.17, 15) is 4.79 Å². The molecule has 5 nitrogen and oxygen atoms in total. The van der Waals surface area contributed by atoms with Crippen LogP contribution >= 0.6 is 0 Å². The van der Waals surface area contributed by atoms with Crippen molar-refractivity contribution in [2.45, 2.75) is 18.9 Å². The Morgan fingerprint density at radius 1 is 1.15 bits per heavy atom. The van der Waals surface area contributed by atoms with E-state index >= 15 is 0 Å². The van der Waals surface area contributed by atoms with E-state index in [1.165, 1.54) is 5.56 Å². The summed E-state index contributed by atoms with van der Waals surface area (Å²) in [5, 5.41) is 1.16. The average Bonchev–Trinajstić information content (AvgIpc) is 3.26. The van der Waals surface area contributed by atoms with E-state index in [0.29, 0.717) is 19.6 Å². The summed E-state index contributed by atoms with van der Waals surface area (Å²) in [6.07, 6.45) is 1.40. The molecule has 5 heteroatoms. The SMILES string of the molecule is COCCN1C(=O)CC[C@@H]1c1c(-c2cccc(OC)c2)[nH]c2ccccc12. The van der Waals surface area contributed by atoms with Crippen LogP contribution in [0, 0.1) is 0 Å². The van der Waals surface area contributed by atoms with Crippen molar-refractivity contribution < 1.29 is 14.3 Å². The van der Waals surface area contributed by atoms with Gasteiger partial charge in [0.2, 0.25) is 5.91 Å². The number of nitrogens with zero attached hydrogens (tertiary/aromatic N) is 1. The van der Waals surface area contributed by atoms with Gasteiger partial charge in [-0.1, -0.05) is 30.3 Å². The number of aromatic amines is 1. The second-order valence-corrected chi connectivity index (χ2v) is 6.83. The topological polar surface area (TPSA) is 54.6 Å². The minimum absolute atomic E-state index is 0.0463. The quantitative estimate of drug-likeness (QED) is 0.715.